The summed E-state index contributed by atoms with van der Waals surface area (Å²) in [5.41, 5.74) is 6.54. The Morgan fingerprint density at radius 3 is 2.73 bits per heavy atom. The number of aromatic hydroxyl groups is 1. The summed E-state index contributed by atoms with van der Waals surface area (Å²) in [5, 5.41) is 9.67. The van der Waals surface area contributed by atoms with E-state index in [1.165, 1.54) is 0 Å². The third-order valence-electron chi connectivity index (χ3n) is 2.43. The van der Waals surface area contributed by atoms with Crippen molar-refractivity contribution < 1.29 is 9.84 Å². The second-order valence-corrected chi connectivity index (χ2v) is 4.33. The minimum absolute atomic E-state index is 0.202. The highest BCUT2D eigenvalue weighted by Crippen LogP contribution is 2.37. The van der Waals surface area contributed by atoms with Crippen LogP contribution in [-0.2, 0) is 0 Å². The lowest BCUT2D eigenvalue weighted by Crippen LogP contribution is -2.04. The lowest BCUT2D eigenvalue weighted by molar-refractivity contribution is 0.402. The van der Waals surface area contributed by atoms with Gasteiger partial charge in [0.15, 0.2) is 0 Å². The average Bonchev–Trinajstić information content (AvgIpc) is 2.22. The Morgan fingerprint density at radius 2 is 2.20 bits per heavy atom. The van der Waals surface area contributed by atoms with Gasteiger partial charge in [0.05, 0.1) is 7.11 Å². The van der Waals surface area contributed by atoms with E-state index < -0.39 is 0 Å². The number of phenols is 1. The summed E-state index contributed by atoms with van der Waals surface area (Å²) in [6, 6.07) is 3.66. The standard InChI is InChI=1S/C11H16BrNO2/c1-7(3-4-13)8-5-9(14)11(12)10(6-8)15-2/h5-7,14H,3-4,13H2,1-2H3. The molecule has 0 saturated heterocycles. The summed E-state index contributed by atoms with van der Waals surface area (Å²) in [6.07, 6.45) is 0.893. The molecular formula is C11H16BrNO2. The monoisotopic (exact) mass is 273 g/mol. The van der Waals surface area contributed by atoms with E-state index >= 15 is 0 Å². The molecule has 0 aromatic heterocycles. The van der Waals surface area contributed by atoms with E-state index in [4.69, 9.17) is 10.5 Å². The van der Waals surface area contributed by atoms with Crippen LogP contribution < -0.4 is 10.5 Å². The van der Waals surface area contributed by atoms with Crippen LogP contribution in [0.1, 0.15) is 24.8 Å². The predicted molar refractivity (Wildman–Crippen MR) is 64.4 cm³/mol. The Kier molecular flexibility index (Phi) is 4.42. The predicted octanol–water partition coefficient (Wildman–Crippen LogP) is 2.62. The number of hydrogen-bond acceptors (Lipinski definition) is 3. The molecule has 15 heavy (non-hydrogen) atoms. The van der Waals surface area contributed by atoms with Crippen LogP contribution in [0.3, 0.4) is 0 Å². The van der Waals surface area contributed by atoms with Crippen LogP contribution in [0.15, 0.2) is 16.6 Å². The fourth-order valence-corrected chi connectivity index (χ4v) is 1.84. The van der Waals surface area contributed by atoms with Gasteiger partial charge in [0.1, 0.15) is 16.0 Å². The van der Waals surface area contributed by atoms with Gasteiger partial charge in [0.2, 0.25) is 0 Å². The van der Waals surface area contributed by atoms with Gasteiger partial charge in [-0.25, -0.2) is 0 Å². The van der Waals surface area contributed by atoms with Crippen LogP contribution in [0.4, 0.5) is 0 Å². The van der Waals surface area contributed by atoms with Gasteiger partial charge >= 0.3 is 0 Å². The summed E-state index contributed by atoms with van der Waals surface area (Å²) in [4.78, 5) is 0. The molecule has 0 bridgehead atoms. The molecule has 0 saturated carbocycles. The van der Waals surface area contributed by atoms with Crippen molar-refractivity contribution in [2.75, 3.05) is 13.7 Å². The Hall–Kier alpha value is -0.740. The second kappa shape index (κ2) is 5.37. The molecule has 4 heteroatoms. The van der Waals surface area contributed by atoms with Gasteiger partial charge in [0.25, 0.3) is 0 Å². The van der Waals surface area contributed by atoms with Crippen molar-refractivity contribution in [3.05, 3.63) is 22.2 Å². The first kappa shape index (κ1) is 12.3. The molecule has 0 radical (unpaired) electrons. The SMILES string of the molecule is COc1cc(C(C)CCN)cc(O)c1Br. The molecule has 3 nitrogen and oxygen atoms in total. The Balaban J connectivity index is 3.05. The molecular weight excluding hydrogens is 258 g/mol. The van der Waals surface area contributed by atoms with E-state index in [1.54, 1.807) is 13.2 Å². The van der Waals surface area contributed by atoms with E-state index in [0.717, 1.165) is 12.0 Å². The number of nitrogens with two attached hydrogens (primary N) is 1. The largest absolute Gasteiger partial charge is 0.507 e. The van der Waals surface area contributed by atoms with E-state index in [0.29, 0.717) is 22.7 Å². The fourth-order valence-electron chi connectivity index (χ4n) is 1.45. The summed E-state index contributed by atoms with van der Waals surface area (Å²) in [6.45, 7) is 2.72. The molecule has 0 aliphatic heterocycles. The van der Waals surface area contributed by atoms with Gasteiger partial charge in [-0.15, -0.1) is 0 Å². The number of benzene rings is 1. The lowest BCUT2D eigenvalue weighted by atomic mass is 9.97. The molecule has 1 unspecified atom stereocenters. The molecule has 1 aromatic rings. The van der Waals surface area contributed by atoms with Crippen molar-refractivity contribution in [3.63, 3.8) is 0 Å². The van der Waals surface area contributed by atoms with E-state index in [-0.39, 0.29) is 5.75 Å². The highest BCUT2D eigenvalue weighted by Gasteiger charge is 2.12. The lowest BCUT2D eigenvalue weighted by Gasteiger charge is -2.14. The van der Waals surface area contributed by atoms with E-state index in [1.807, 2.05) is 6.07 Å². The molecule has 84 valence electrons. The highest BCUT2D eigenvalue weighted by atomic mass is 79.9. The Morgan fingerprint density at radius 1 is 1.53 bits per heavy atom. The summed E-state index contributed by atoms with van der Waals surface area (Å²) >= 11 is 3.26. The van der Waals surface area contributed by atoms with Crippen LogP contribution in [0, 0.1) is 0 Å². The average molecular weight is 274 g/mol. The van der Waals surface area contributed by atoms with Gasteiger partial charge in [-0.3, -0.25) is 0 Å². The molecule has 0 spiro atoms. The third kappa shape index (κ3) is 2.86. The molecule has 0 fully saturated rings. The normalized spacial score (nSPS) is 12.5. The molecule has 0 heterocycles. The zero-order chi connectivity index (χ0) is 11.4. The van der Waals surface area contributed by atoms with Crippen molar-refractivity contribution in [2.24, 2.45) is 5.73 Å². The zero-order valence-electron chi connectivity index (χ0n) is 8.96. The number of phenolic OH excluding ortho intramolecular Hbond substituents is 1. The number of methoxy groups -OCH3 is 1. The quantitative estimate of drug-likeness (QED) is 0.887. The summed E-state index contributed by atoms with van der Waals surface area (Å²) in [7, 11) is 1.58. The van der Waals surface area contributed by atoms with Gasteiger partial charge < -0.3 is 15.6 Å². The number of ether oxygens (including phenoxy) is 1. The van der Waals surface area contributed by atoms with Crippen molar-refractivity contribution >= 4 is 15.9 Å². The van der Waals surface area contributed by atoms with Crippen molar-refractivity contribution in [3.8, 4) is 11.5 Å². The van der Waals surface area contributed by atoms with Crippen molar-refractivity contribution in [1.29, 1.82) is 0 Å². The maximum absolute atomic E-state index is 9.67. The van der Waals surface area contributed by atoms with Gasteiger partial charge in [-0.05, 0) is 52.5 Å². The number of rotatable bonds is 4. The maximum Gasteiger partial charge on any atom is 0.137 e. The topological polar surface area (TPSA) is 55.5 Å². The second-order valence-electron chi connectivity index (χ2n) is 3.53. The molecule has 1 rings (SSSR count). The number of halogens is 1. The summed E-state index contributed by atoms with van der Waals surface area (Å²) in [5.74, 6) is 1.17. The van der Waals surface area contributed by atoms with Gasteiger partial charge in [-0.1, -0.05) is 6.92 Å². The van der Waals surface area contributed by atoms with Crippen LogP contribution in [0.2, 0.25) is 0 Å². The van der Waals surface area contributed by atoms with E-state index in [9.17, 15) is 5.11 Å². The number of hydrogen-bond donors (Lipinski definition) is 2. The van der Waals surface area contributed by atoms with E-state index in [2.05, 4.69) is 22.9 Å². The molecule has 3 N–H and O–H groups in total. The highest BCUT2D eigenvalue weighted by molar-refractivity contribution is 9.10. The first-order valence-corrected chi connectivity index (χ1v) is 5.66. The molecule has 0 amide bonds. The smallest absolute Gasteiger partial charge is 0.137 e. The van der Waals surface area contributed by atoms with Crippen LogP contribution in [0.5, 0.6) is 11.5 Å². The van der Waals surface area contributed by atoms with Crippen molar-refractivity contribution in [2.45, 2.75) is 19.3 Å². The Labute approximate surface area is 98.4 Å². The van der Waals surface area contributed by atoms with Crippen molar-refractivity contribution in [1.82, 2.24) is 0 Å². The van der Waals surface area contributed by atoms with Crippen LogP contribution in [0.25, 0.3) is 0 Å². The van der Waals surface area contributed by atoms with Crippen LogP contribution >= 0.6 is 15.9 Å². The molecule has 0 aliphatic carbocycles. The van der Waals surface area contributed by atoms with Gasteiger partial charge in [0, 0.05) is 0 Å². The van der Waals surface area contributed by atoms with Crippen LogP contribution in [-0.4, -0.2) is 18.8 Å². The summed E-state index contributed by atoms with van der Waals surface area (Å²) < 4.78 is 5.75. The first-order valence-electron chi connectivity index (χ1n) is 4.86. The fraction of sp³-hybridized carbons (Fsp3) is 0.455. The minimum atomic E-state index is 0.202. The van der Waals surface area contributed by atoms with Gasteiger partial charge in [-0.2, -0.15) is 0 Å². The molecule has 1 atom stereocenters. The molecule has 0 aliphatic rings. The molecule has 1 aromatic carbocycles. The minimum Gasteiger partial charge on any atom is -0.507 e. The Bertz CT molecular complexity index is 342. The first-order chi connectivity index (χ1) is 7.10. The zero-order valence-corrected chi connectivity index (χ0v) is 10.5. The maximum atomic E-state index is 9.67. The third-order valence-corrected chi connectivity index (χ3v) is 3.23.